The summed E-state index contributed by atoms with van der Waals surface area (Å²) in [7, 11) is 0. The van der Waals surface area contributed by atoms with Gasteiger partial charge in [0.2, 0.25) is 5.70 Å². The molecule has 1 fully saturated rings. The number of nitrogens with one attached hydrogen (secondary N) is 2. The molecular weight excluding hydrogens is 1590 g/mol. The Bertz CT molecular complexity index is 6460. The molecule has 642 valence electrons. The molecule has 5 aromatic carbocycles. The van der Waals surface area contributed by atoms with Crippen molar-refractivity contribution in [3.63, 3.8) is 0 Å². The maximum absolute atomic E-state index is 13.0. The first-order valence-corrected chi connectivity index (χ1v) is 40.9. The number of nitrogens with zero attached hydrogens (tertiary/aromatic N) is 17. The topological polar surface area (TPSA) is 421 Å². The molecule has 0 bridgehead atoms. The molecule has 0 atom stereocenters. The van der Waals surface area contributed by atoms with E-state index in [9.17, 15) is 39.6 Å². The third-order valence-corrected chi connectivity index (χ3v) is 20.9. The summed E-state index contributed by atoms with van der Waals surface area (Å²) in [6, 6.07) is 41.1. The van der Waals surface area contributed by atoms with Crippen LogP contribution in [-0.2, 0) is 51.9 Å². The van der Waals surface area contributed by atoms with Gasteiger partial charge in [-0.3, -0.25) is 14.4 Å². The number of rotatable bonds is 27. The van der Waals surface area contributed by atoms with Crippen molar-refractivity contribution >= 4 is 115 Å². The number of hydrogen-bond acceptors (Lipinski definition) is 20. The SMILES string of the molecule is [C-]#[N+]/C(=C\c1c(-c2ccc(C)cc2)c2c(N)ncnc2n1CCCO)C(=O)N1CCCC1.[C-]#[N+]/C(=C\c1c(-c2ccc(C)cc2)c2c(N)ncnc2n1CCCO)C(=O)NC(C)C.[C-]#[N+]/C(=C\c1c(-c2ccc(C)cc2)c2c(N)ncnc2n1CCCO)C(=O)NCc1ccccc1.[C-]#[N+]/C(=C\c1c(-c2ccc(C)cc2)c2c(N)ncnc2n1CCCO)C(C)=O. The lowest BCUT2D eigenvalue weighted by Crippen LogP contribution is -2.30. The van der Waals surface area contributed by atoms with Gasteiger partial charge in [-0.2, -0.15) is 0 Å². The molecule has 3 amide bonds. The second-order valence-electron chi connectivity index (χ2n) is 30.2. The molecule has 0 saturated carbocycles. The lowest BCUT2D eigenvalue weighted by atomic mass is 10.0. The number of amides is 3. The van der Waals surface area contributed by atoms with Gasteiger partial charge < -0.3 is 82.0 Å². The minimum atomic E-state index is -0.475. The standard InChI is InChI=1S/C27H26N6O2.C24H26N6O2.C23H26N6O2.C21H21N5O2/c1-18-9-11-20(12-10-18)23-22(33(13-6-14-34)26-24(23)25(28)31-17-32-26)15-21(29-2)27(35)30-16-19-7-4-3-5-8-19;1-16-6-8-17(9-7-16)20-19(14-18(26-2)24(32)29-10-3-4-11-29)30(12-5-13-31)23-21(20)22(25)27-15-28-23;1-14(2)28-23(31)17(25-4)12-18-19(16-8-6-15(3)7-9-16)20-21(24)26-13-27-22(20)29(18)10-5-11-30;1-13-5-7-15(8-6-13)18-17(11-16(23-3)14(2)28)26(9-4-10-27)21-19(18)20(22)24-12-25-21/h3-5,7-12,15,17,34H,6,13-14,16H2,1H3,(H,30,35)(H2,28,31,32);6-9,14-15,31H,3-5,10-13H2,1H3,(H2,25,27,28);6-9,12-14,30H,5,10-11H2,1-3H3,(H,28,31)(H2,24,26,27);5-8,11-12,27H,4,9-10H2,1-2H3,(H2,22,24,25)/b21-15-;18-14-;17-12-;16-11-. The number of aromatic nitrogens is 12. The first-order valence-electron chi connectivity index (χ1n) is 40.9. The van der Waals surface area contributed by atoms with E-state index in [0.29, 0.717) is 162 Å². The van der Waals surface area contributed by atoms with Crippen LogP contribution in [0.2, 0.25) is 0 Å². The number of likely N-dealkylation sites (tertiary alicyclic amines) is 1. The Kier molecular flexibility index (Phi) is 31.1. The molecule has 14 N–H and O–H groups in total. The van der Waals surface area contributed by atoms with Gasteiger partial charge >= 0.3 is 0 Å². The molecule has 13 aromatic rings. The fourth-order valence-corrected chi connectivity index (χ4v) is 14.8. The first kappa shape index (κ1) is 91.4. The van der Waals surface area contributed by atoms with Crippen LogP contribution in [0.5, 0.6) is 0 Å². The summed E-state index contributed by atoms with van der Waals surface area (Å²) in [5.41, 5.74) is 41.9. The number of nitrogen functional groups attached to an aromatic ring is 4. The number of aryl methyl sites for hydroxylation is 8. The highest BCUT2D eigenvalue weighted by Crippen LogP contribution is 2.44. The third kappa shape index (κ3) is 21.0. The van der Waals surface area contributed by atoms with Gasteiger partial charge in [-0.1, -0.05) is 150 Å². The van der Waals surface area contributed by atoms with Crippen molar-refractivity contribution < 1.29 is 39.6 Å². The van der Waals surface area contributed by atoms with Gasteiger partial charge in [0, 0.05) is 123 Å². The molecule has 0 spiro atoms. The lowest BCUT2D eigenvalue weighted by molar-refractivity contribution is -0.125. The number of aliphatic hydroxyl groups excluding tert-OH is 4. The Balaban J connectivity index is 0.000000164. The Labute approximate surface area is 729 Å². The van der Waals surface area contributed by atoms with Gasteiger partial charge in [0.15, 0.2) is 5.78 Å². The Hall–Kier alpha value is -15.4. The number of nitrogens with two attached hydrogens (primary N) is 4. The fourth-order valence-electron chi connectivity index (χ4n) is 14.8. The molecular formula is C95H99N23O8. The van der Waals surface area contributed by atoms with E-state index in [1.54, 1.807) is 29.2 Å². The summed E-state index contributed by atoms with van der Waals surface area (Å²) in [6.07, 6.45) is 15.8. The van der Waals surface area contributed by atoms with Crippen LogP contribution in [-0.4, -0.2) is 153 Å². The first-order chi connectivity index (χ1) is 60.9. The number of carbonyl (C=O) groups is 4. The summed E-state index contributed by atoms with van der Waals surface area (Å²) in [4.78, 5) is 101. The van der Waals surface area contributed by atoms with E-state index >= 15 is 0 Å². The number of Topliss-reactive ketones (excluding diaryl/α,β-unsaturated/α-hetero) is 1. The van der Waals surface area contributed by atoms with Crippen LogP contribution in [0.25, 0.3) is 132 Å². The number of hydrogen-bond donors (Lipinski definition) is 10. The normalized spacial score (nSPS) is 12.2. The fraction of sp³-hybridized carbons (Fsp3) is 0.263. The molecule has 8 aromatic heterocycles. The van der Waals surface area contributed by atoms with Crippen LogP contribution in [0.15, 0.2) is 175 Å². The summed E-state index contributed by atoms with van der Waals surface area (Å²) in [5, 5.41) is 45.9. The van der Waals surface area contributed by atoms with Crippen molar-refractivity contribution in [3.8, 4) is 44.5 Å². The van der Waals surface area contributed by atoms with E-state index in [2.05, 4.69) is 69.9 Å². The van der Waals surface area contributed by atoms with E-state index in [1.165, 1.54) is 32.2 Å². The highest BCUT2D eigenvalue weighted by atomic mass is 16.3. The zero-order valence-corrected chi connectivity index (χ0v) is 71.2. The van der Waals surface area contributed by atoms with Crippen LogP contribution >= 0.6 is 0 Å². The molecule has 14 rings (SSSR count). The zero-order valence-electron chi connectivity index (χ0n) is 71.2. The van der Waals surface area contributed by atoms with Crippen LogP contribution in [0.3, 0.4) is 0 Å². The number of anilines is 4. The van der Waals surface area contributed by atoms with Crippen LogP contribution < -0.4 is 33.6 Å². The lowest BCUT2D eigenvalue weighted by Gasteiger charge is -2.15. The summed E-state index contributed by atoms with van der Waals surface area (Å²) >= 11 is 0. The number of carbonyl (C=O) groups excluding carboxylic acids is 4. The Morgan fingerprint density at radius 1 is 0.413 bits per heavy atom. The van der Waals surface area contributed by atoms with E-state index in [0.717, 1.165) is 85.2 Å². The molecule has 1 saturated heterocycles. The summed E-state index contributed by atoms with van der Waals surface area (Å²) in [6.45, 7) is 46.8. The second-order valence-corrected chi connectivity index (χ2v) is 30.2. The predicted octanol–water partition coefficient (Wildman–Crippen LogP) is 13.6. The Morgan fingerprint density at radius 3 is 0.976 bits per heavy atom. The number of allylic oxidation sites excluding steroid dienone is 1. The average molecular weight is 1690 g/mol. The number of benzene rings is 5. The molecule has 9 heterocycles. The summed E-state index contributed by atoms with van der Waals surface area (Å²) < 4.78 is 7.56. The van der Waals surface area contributed by atoms with Crippen molar-refractivity contribution in [2.24, 2.45) is 0 Å². The largest absolute Gasteiger partial charge is 0.396 e. The molecule has 0 aliphatic carbocycles. The maximum Gasteiger partial charge on any atom is 0.252 e. The smallest absolute Gasteiger partial charge is 0.252 e. The van der Waals surface area contributed by atoms with Crippen LogP contribution in [0, 0.1) is 54.0 Å². The van der Waals surface area contributed by atoms with Crippen LogP contribution in [0.1, 0.15) is 110 Å². The Morgan fingerprint density at radius 2 is 0.698 bits per heavy atom. The van der Waals surface area contributed by atoms with Gasteiger partial charge in [-0.05, 0) is 139 Å². The van der Waals surface area contributed by atoms with Gasteiger partial charge in [0.25, 0.3) is 34.8 Å². The minimum Gasteiger partial charge on any atom is -0.396 e. The highest BCUT2D eigenvalue weighted by molar-refractivity contribution is 6.12. The van der Waals surface area contributed by atoms with Crippen molar-refractivity contribution in [3.05, 3.63) is 272 Å². The monoisotopic (exact) mass is 1690 g/mol. The zero-order chi connectivity index (χ0) is 90.3. The number of fused-ring (bicyclic) bond motifs is 4. The van der Waals surface area contributed by atoms with Crippen molar-refractivity contribution in [1.82, 2.24) is 73.7 Å². The van der Waals surface area contributed by atoms with E-state index in [1.807, 2.05) is 187 Å². The maximum atomic E-state index is 13.0. The van der Waals surface area contributed by atoms with Crippen LogP contribution in [0.4, 0.5) is 23.3 Å². The van der Waals surface area contributed by atoms with Crippen molar-refractivity contribution in [1.29, 1.82) is 0 Å². The van der Waals surface area contributed by atoms with Gasteiger partial charge in [0.05, 0.1) is 47.8 Å². The van der Waals surface area contributed by atoms with Gasteiger partial charge in [-0.15, -0.1) is 0 Å². The minimum absolute atomic E-state index is 0.00560. The van der Waals surface area contributed by atoms with E-state index in [4.69, 9.17) is 49.2 Å². The van der Waals surface area contributed by atoms with Crippen molar-refractivity contribution in [2.45, 2.75) is 126 Å². The highest BCUT2D eigenvalue weighted by Gasteiger charge is 2.30. The van der Waals surface area contributed by atoms with E-state index in [-0.39, 0.29) is 66.9 Å². The molecule has 0 unspecified atom stereocenters. The van der Waals surface area contributed by atoms with Crippen molar-refractivity contribution in [2.75, 3.05) is 62.5 Å². The molecule has 126 heavy (non-hydrogen) atoms. The number of aliphatic hydroxyl groups is 4. The molecule has 31 heteroatoms. The third-order valence-electron chi connectivity index (χ3n) is 20.9. The molecule has 31 nitrogen and oxygen atoms in total. The quantitative estimate of drug-likeness (QED) is 0.0169. The predicted molar refractivity (Wildman–Crippen MR) is 492 cm³/mol. The molecule has 1 aliphatic heterocycles. The van der Waals surface area contributed by atoms with Gasteiger partial charge in [-0.25, -0.2) is 59.3 Å². The van der Waals surface area contributed by atoms with Gasteiger partial charge in [0.1, 0.15) is 71.2 Å². The number of ketones is 1. The molecule has 1 aliphatic rings. The molecule has 0 radical (unpaired) electrons. The summed E-state index contributed by atoms with van der Waals surface area (Å²) in [5.74, 6) is -0.221. The average Bonchev–Trinajstić information content (AvgIpc) is 1.61. The van der Waals surface area contributed by atoms with E-state index < -0.39 is 11.8 Å². The second kappa shape index (κ2) is 42.9.